The van der Waals surface area contributed by atoms with Crippen molar-refractivity contribution in [3.05, 3.63) is 35.9 Å². The second-order valence-electron chi connectivity index (χ2n) is 5.32. The number of piperidine rings is 1. The second kappa shape index (κ2) is 6.20. The predicted octanol–water partition coefficient (Wildman–Crippen LogP) is 2.65. The van der Waals surface area contributed by atoms with Crippen molar-refractivity contribution in [1.82, 2.24) is 5.32 Å². The quantitative estimate of drug-likeness (QED) is 0.847. The van der Waals surface area contributed by atoms with Crippen LogP contribution in [0.4, 0.5) is 0 Å². The summed E-state index contributed by atoms with van der Waals surface area (Å²) in [5.74, 6) is -0.0606. The van der Waals surface area contributed by atoms with E-state index in [2.05, 4.69) is 5.32 Å². The van der Waals surface area contributed by atoms with Crippen LogP contribution in [0.2, 0.25) is 0 Å². The van der Waals surface area contributed by atoms with E-state index < -0.39 is 5.41 Å². The van der Waals surface area contributed by atoms with Gasteiger partial charge in [-0.05, 0) is 44.8 Å². The molecule has 1 fully saturated rings. The average molecular weight is 261 g/mol. The smallest absolute Gasteiger partial charge is 0.316 e. The Morgan fingerprint density at radius 2 is 1.95 bits per heavy atom. The molecule has 3 nitrogen and oxygen atoms in total. The first-order valence-corrected chi connectivity index (χ1v) is 7.16. The molecule has 0 aromatic heterocycles. The predicted molar refractivity (Wildman–Crippen MR) is 76.1 cm³/mol. The molecular formula is C16H23NO2. The zero-order valence-electron chi connectivity index (χ0n) is 11.8. The molecule has 0 bridgehead atoms. The number of rotatable bonds is 4. The molecule has 104 valence electrons. The number of hydrogen-bond acceptors (Lipinski definition) is 3. The topological polar surface area (TPSA) is 38.3 Å². The molecule has 19 heavy (non-hydrogen) atoms. The van der Waals surface area contributed by atoms with Gasteiger partial charge in [0, 0.05) is 0 Å². The molecule has 1 heterocycles. The molecular weight excluding hydrogens is 238 g/mol. The Morgan fingerprint density at radius 3 is 2.53 bits per heavy atom. The highest BCUT2D eigenvalue weighted by molar-refractivity contribution is 5.83. The summed E-state index contributed by atoms with van der Waals surface area (Å²) in [6.07, 6.45) is 2.47. The SMILES string of the molecule is CCC(C)OC(=O)C1(c2ccccc2)CCNCC1. The summed E-state index contributed by atoms with van der Waals surface area (Å²) in [6, 6.07) is 10.1. The molecule has 0 saturated carbocycles. The highest BCUT2D eigenvalue weighted by Crippen LogP contribution is 2.35. The molecule has 1 aromatic carbocycles. The standard InChI is InChI=1S/C16H23NO2/c1-3-13(2)19-15(18)16(9-11-17-12-10-16)14-7-5-4-6-8-14/h4-8,13,17H,3,9-12H2,1-2H3. The van der Waals surface area contributed by atoms with Gasteiger partial charge in [0.2, 0.25) is 0 Å². The summed E-state index contributed by atoms with van der Waals surface area (Å²) in [4.78, 5) is 12.6. The van der Waals surface area contributed by atoms with Crippen LogP contribution in [0.1, 0.15) is 38.7 Å². The second-order valence-corrected chi connectivity index (χ2v) is 5.32. The van der Waals surface area contributed by atoms with E-state index in [1.165, 1.54) is 0 Å². The lowest BCUT2D eigenvalue weighted by atomic mass is 9.73. The van der Waals surface area contributed by atoms with Crippen LogP contribution < -0.4 is 5.32 Å². The van der Waals surface area contributed by atoms with Crippen LogP contribution >= 0.6 is 0 Å². The van der Waals surface area contributed by atoms with Gasteiger partial charge < -0.3 is 10.1 Å². The molecule has 1 atom stereocenters. The van der Waals surface area contributed by atoms with Crippen LogP contribution in [-0.4, -0.2) is 25.2 Å². The molecule has 0 aliphatic carbocycles. The van der Waals surface area contributed by atoms with Crippen LogP contribution in [0.15, 0.2) is 30.3 Å². The highest BCUT2D eigenvalue weighted by Gasteiger charge is 2.42. The van der Waals surface area contributed by atoms with Gasteiger partial charge in [0.1, 0.15) is 0 Å². The average Bonchev–Trinajstić information content (AvgIpc) is 2.48. The van der Waals surface area contributed by atoms with Crippen molar-refractivity contribution in [2.24, 2.45) is 0 Å². The molecule has 2 rings (SSSR count). The number of nitrogens with one attached hydrogen (secondary N) is 1. The molecule has 3 heteroatoms. The zero-order chi connectivity index (χ0) is 13.7. The number of hydrogen-bond donors (Lipinski definition) is 1. The van der Waals surface area contributed by atoms with E-state index in [1.807, 2.05) is 44.2 Å². The monoisotopic (exact) mass is 261 g/mol. The van der Waals surface area contributed by atoms with Crippen molar-refractivity contribution in [1.29, 1.82) is 0 Å². The van der Waals surface area contributed by atoms with E-state index >= 15 is 0 Å². The molecule has 1 aliphatic heterocycles. The maximum atomic E-state index is 12.6. The Labute approximate surface area is 115 Å². The van der Waals surface area contributed by atoms with Gasteiger partial charge in [0.15, 0.2) is 0 Å². The van der Waals surface area contributed by atoms with Gasteiger partial charge in [0.25, 0.3) is 0 Å². The van der Waals surface area contributed by atoms with Crippen LogP contribution in [0, 0.1) is 0 Å². The Bertz CT molecular complexity index is 410. The molecule has 0 amide bonds. The number of ether oxygens (including phenoxy) is 1. The van der Waals surface area contributed by atoms with Crippen molar-refractivity contribution >= 4 is 5.97 Å². The van der Waals surface area contributed by atoms with Gasteiger partial charge in [-0.1, -0.05) is 37.3 Å². The Morgan fingerprint density at radius 1 is 1.32 bits per heavy atom. The normalized spacial score (nSPS) is 19.7. The minimum atomic E-state index is -0.462. The fourth-order valence-electron chi connectivity index (χ4n) is 2.60. The van der Waals surface area contributed by atoms with Crippen LogP contribution in [0.25, 0.3) is 0 Å². The minimum Gasteiger partial charge on any atom is -0.462 e. The van der Waals surface area contributed by atoms with E-state index in [-0.39, 0.29) is 12.1 Å². The lowest BCUT2D eigenvalue weighted by Crippen LogP contribution is -2.47. The Hall–Kier alpha value is -1.35. The number of benzene rings is 1. The van der Waals surface area contributed by atoms with E-state index in [9.17, 15) is 4.79 Å². The molecule has 1 aliphatic rings. The minimum absolute atomic E-state index is 0.0111. The van der Waals surface area contributed by atoms with Gasteiger partial charge in [-0.25, -0.2) is 0 Å². The summed E-state index contributed by atoms with van der Waals surface area (Å²) >= 11 is 0. The third-order valence-electron chi connectivity index (χ3n) is 4.06. The third-order valence-corrected chi connectivity index (χ3v) is 4.06. The fraction of sp³-hybridized carbons (Fsp3) is 0.562. The fourth-order valence-corrected chi connectivity index (χ4v) is 2.60. The van der Waals surface area contributed by atoms with Crippen molar-refractivity contribution in [3.8, 4) is 0 Å². The summed E-state index contributed by atoms with van der Waals surface area (Å²) in [5.41, 5.74) is 0.625. The van der Waals surface area contributed by atoms with Crippen LogP contribution in [0.5, 0.6) is 0 Å². The first kappa shape index (κ1) is 14.1. The van der Waals surface area contributed by atoms with Crippen LogP contribution in [0.3, 0.4) is 0 Å². The van der Waals surface area contributed by atoms with E-state index in [1.54, 1.807) is 0 Å². The first-order valence-electron chi connectivity index (χ1n) is 7.16. The Kier molecular flexibility index (Phi) is 4.59. The van der Waals surface area contributed by atoms with Gasteiger partial charge in [-0.3, -0.25) is 4.79 Å². The maximum Gasteiger partial charge on any atom is 0.316 e. The van der Waals surface area contributed by atoms with E-state index in [0.29, 0.717) is 0 Å². The van der Waals surface area contributed by atoms with E-state index in [4.69, 9.17) is 4.74 Å². The Balaban J connectivity index is 2.27. The van der Waals surface area contributed by atoms with Gasteiger partial charge in [-0.15, -0.1) is 0 Å². The number of carbonyl (C=O) groups is 1. The molecule has 0 spiro atoms. The molecule has 0 radical (unpaired) electrons. The van der Waals surface area contributed by atoms with Gasteiger partial charge >= 0.3 is 5.97 Å². The van der Waals surface area contributed by atoms with Crippen molar-refractivity contribution in [2.75, 3.05) is 13.1 Å². The molecule has 1 unspecified atom stereocenters. The van der Waals surface area contributed by atoms with Crippen LogP contribution in [-0.2, 0) is 14.9 Å². The highest BCUT2D eigenvalue weighted by atomic mass is 16.5. The maximum absolute atomic E-state index is 12.6. The van der Waals surface area contributed by atoms with Gasteiger partial charge in [-0.2, -0.15) is 0 Å². The summed E-state index contributed by atoms with van der Waals surface area (Å²) in [6.45, 7) is 5.72. The third kappa shape index (κ3) is 2.98. The summed E-state index contributed by atoms with van der Waals surface area (Å²) in [5, 5.41) is 3.32. The molecule has 1 N–H and O–H groups in total. The van der Waals surface area contributed by atoms with Crippen molar-refractivity contribution in [2.45, 2.75) is 44.6 Å². The zero-order valence-corrected chi connectivity index (χ0v) is 11.8. The van der Waals surface area contributed by atoms with Crippen molar-refractivity contribution in [3.63, 3.8) is 0 Å². The number of carbonyl (C=O) groups excluding carboxylic acids is 1. The first-order chi connectivity index (χ1) is 9.19. The summed E-state index contributed by atoms with van der Waals surface area (Å²) in [7, 11) is 0. The molecule has 1 saturated heterocycles. The lowest BCUT2D eigenvalue weighted by Gasteiger charge is -2.36. The summed E-state index contributed by atoms with van der Waals surface area (Å²) < 4.78 is 5.63. The van der Waals surface area contributed by atoms with E-state index in [0.717, 1.165) is 37.9 Å². The largest absolute Gasteiger partial charge is 0.462 e. The lowest BCUT2D eigenvalue weighted by molar-refractivity contribution is -0.156. The number of esters is 1. The van der Waals surface area contributed by atoms with Crippen molar-refractivity contribution < 1.29 is 9.53 Å². The molecule has 1 aromatic rings. The van der Waals surface area contributed by atoms with Gasteiger partial charge in [0.05, 0.1) is 11.5 Å².